The fourth-order valence-corrected chi connectivity index (χ4v) is 3.90. The average Bonchev–Trinajstić information content (AvgIpc) is 2.85. The Balaban J connectivity index is 1.49. The third-order valence-electron chi connectivity index (χ3n) is 5.71. The molecule has 0 aliphatic carbocycles. The minimum atomic E-state index is -0.902. The van der Waals surface area contributed by atoms with E-state index < -0.39 is 22.5 Å². The predicted octanol–water partition coefficient (Wildman–Crippen LogP) is 8.21. The van der Waals surface area contributed by atoms with Crippen molar-refractivity contribution < 1.29 is 13.2 Å². The molecule has 4 rings (SSSR count). The summed E-state index contributed by atoms with van der Waals surface area (Å²) < 4.78 is 42.2. The van der Waals surface area contributed by atoms with Crippen LogP contribution >= 0.6 is 11.6 Å². The highest BCUT2D eigenvalue weighted by atomic mass is 35.5. The van der Waals surface area contributed by atoms with Gasteiger partial charge >= 0.3 is 0 Å². The highest BCUT2D eigenvalue weighted by Gasteiger charge is 2.09. The lowest BCUT2D eigenvalue weighted by molar-refractivity contribution is 0.583. The molecule has 0 atom stereocenters. The van der Waals surface area contributed by atoms with E-state index in [0.29, 0.717) is 5.39 Å². The number of hydrogen-bond acceptors (Lipinski definition) is 0. The van der Waals surface area contributed by atoms with Gasteiger partial charge in [0.1, 0.15) is 22.5 Å². The molecule has 0 radical (unpaired) electrons. The van der Waals surface area contributed by atoms with Crippen molar-refractivity contribution in [1.82, 2.24) is 0 Å². The van der Waals surface area contributed by atoms with Gasteiger partial charge in [-0.25, -0.2) is 13.2 Å². The smallest absolute Gasteiger partial charge is 0.146 e. The van der Waals surface area contributed by atoms with Gasteiger partial charge in [-0.2, -0.15) is 0 Å². The van der Waals surface area contributed by atoms with Gasteiger partial charge in [0, 0.05) is 10.9 Å². The monoisotopic (exact) mass is 474 g/mol. The summed E-state index contributed by atoms with van der Waals surface area (Å²) in [6.45, 7) is 3.76. The van der Waals surface area contributed by atoms with Crippen molar-refractivity contribution in [2.45, 2.75) is 25.7 Å². The molecule has 34 heavy (non-hydrogen) atoms. The van der Waals surface area contributed by atoms with E-state index in [2.05, 4.69) is 42.7 Å². The van der Waals surface area contributed by atoms with Crippen LogP contribution in [0.4, 0.5) is 13.2 Å². The van der Waals surface area contributed by atoms with Crippen LogP contribution in [0.5, 0.6) is 0 Å². The van der Waals surface area contributed by atoms with Gasteiger partial charge in [0.05, 0.1) is 5.56 Å². The first kappa shape index (κ1) is 23.7. The van der Waals surface area contributed by atoms with E-state index in [9.17, 15) is 8.78 Å². The van der Waals surface area contributed by atoms with Crippen LogP contribution in [0, 0.1) is 29.3 Å². The molecule has 0 aliphatic rings. The van der Waals surface area contributed by atoms with Gasteiger partial charge in [-0.05, 0) is 66.0 Å². The predicted molar refractivity (Wildman–Crippen MR) is 134 cm³/mol. The van der Waals surface area contributed by atoms with Crippen molar-refractivity contribution in [2.24, 2.45) is 0 Å². The fourth-order valence-electron chi connectivity index (χ4n) is 3.79. The fraction of sp³-hybridized carbons (Fsp3) is 0.133. The van der Waals surface area contributed by atoms with Crippen LogP contribution < -0.4 is 0 Å². The van der Waals surface area contributed by atoms with Gasteiger partial charge in [-0.1, -0.05) is 78.0 Å². The van der Waals surface area contributed by atoms with Crippen LogP contribution in [0.25, 0.3) is 10.8 Å². The van der Waals surface area contributed by atoms with E-state index in [0.717, 1.165) is 48.8 Å². The van der Waals surface area contributed by atoms with Crippen molar-refractivity contribution >= 4 is 22.4 Å². The first-order valence-electron chi connectivity index (χ1n) is 11.0. The van der Waals surface area contributed by atoms with Gasteiger partial charge in [0.15, 0.2) is 0 Å². The maximum atomic E-state index is 15.0. The molecule has 0 heterocycles. The van der Waals surface area contributed by atoms with Crippen molar-refractivity contribution in [3.05, 3.63) is 130 Å². The van der Waals surface area contributed by atoms with Crippen LogP contribution in [0.2, 0.25) is 5.02 Å². The lowest BCUT2D eigenvalue weighted by atomic mass is 9.98. The summed E-state index contributed by atoms with van der Waals surface area (Å²) in [4.78, 5) is 0. The number of fused-ring (bicyclic) bond motifs is 1. The Labute approximate surface area is 202 Å². The Morgan fingerprint density at radius 2 is 1.35 bits per heavy atom. The average molecular weight is 475 g/mol. The normalized spacial score (nSPS) is 10.7. The van der Waals surface area contributed by atoms with Crippen LogP contribution in [-0.2, 0) is 19.3 Å². The Morgan fingerprint density at radius 3 is 2.03 bits per heavy atom. The maximum Gasteiger partial charge on any atom is 0.146 e. The summed E-state index contributed by atoms with van der Waals surface area (Å²) in [7, 11) is 0. The van der Waals surface area contributed by atoms with E-state index in [-0.39, 0.29) is 11.1 Å². The molecule has 0 bridgehead atoms. The molecule has 0 fully saturated rings. The van der Waals surface area contributed by atoms with Crippen LogP contribution in [0.3, 0.4) is 0 Å². The summed E-state index contributed by atoms with van der Waals surface area (Å²) in [5, 5.41) is 0.651. The minimum Gasteiger partial charge on any atom is -0.205 e. The largest absolute Gasteiger partial charge is 0.205 e. The van der Waals surface area contributed by atoms with Gasteiger partial charge in [-0.15, -0.1) is 6.58 Å². The van der Waals surface area contributed by atoms with Crippen molar-refractivity contribution in [3.8, 4) is 11.8 Å². The summed E-state index contributed by atoms with van der Waals surface area (Å²) in [6, 6.07) is 19.7. The summed E-state index contributed by atoms with van der Waals surface area (Å²) in [5.41, 5.74) is 3.92. The molecular weight excluding hydrogens is 453 g/mol. The second-order valence-electron chi connectivity index (χ2n) is 8.13. The molecule has 0 unspecified atom stereocenters. The first-order valence-corrected chi connectivity index (χ1v) is 11.4. The van der Waals surface area contributed by atoms with E-state index in [1.54, 1.807) is 12.1 Å². The number of benzene rings is 4. The molecule has 0 spiro atoms. The molecule has 0 aliphatic heterocycles. The Kier molecular flexibility index (Phi) is 7.40. The SMILES string of the molecule is C=CCCc1ccc(CCc2ccc3c(F)c(C#Cc4cc(F)c(Cl)c(F)c4)ccc3c2)cc1. The van der Waals surface area contributed by atoms with Crippen LogP contribution in [0.1, 0.15) is 34.2 Å². The van der Waals surface area contributed by atoms with Crippen LogP contribution in [0.15, 0.2) is 79.4 Å². The quantitative estimate of drug-likeness (QED) is 0.150. The standard InChI is InChI=1S/C30H22ClF3/c1-2-3-4-20-5-7-21(8-6-20)9-10-22-12-16-26-25(17-22)15-14-24(30(26)34)13-11-23-18-27(32)29(31)28(33)19-23/h2,5-8,12,14-19H,1,3-4,9-10H2. The van der Waals surface area contributed by atoms with Crippen LogP contribution in [-0.4, -0.2) is 0 Å². The molecule has 0 saturated heterocycles. The van der Waals surface area contributed by atoms with Gasteiger partial charge < -0.3 is 0 Å². The van der Waals surface area contributed by atoms with Gasteiger partial charge in [-0.3, -0.25) is 0 Å². The zero-order valence-corrected chi connectivity index (χ0v) is 19.2. The third kappa shape index (κ3) is 5.53. The number of allylic oxidation sites excluding steroid dienone is 1. The molecule has 0 aromatic heterocycles. The summed E-state index contributed by atoms with van der Waals surface area (Å²) in [6.07, 6.45) is 5.64. The summed E-state index contributed by atoms with van der Waals surface area (Å²) >= 11 is 5.49. The highest BCUT2D eigenvalue weighted by molar-refractivity contribution is 6.30. The molecular formula is C30H22ClF3. The third-order valence-corrected chi connectivity index (χ3v) is 6.07. The molecule has 0 N–H and O–H groups in total. The molecule has 170 valence electrons. The lowest BCUT2D eigenvalue weighted by Crippen LogP contribution is -1.94. The van der Waals surface area contributed by atoms with E-state index in [1.807, 2.05) is 24.3 Å². The number of aryl methyl sites for hydroxylation is 3. The molecule has 4 aromatic rings. The first-order chi connectivity index (χ1) is 16.4. The molecule has 0 saturated carbocycles. The molecule has 4 heteroatoms. The maximum absolute atomic E-state index is 15.0. The van der Waals surface area contributed by atoms with Crippen molar-refractivity contribution in [3.63, 3.8) is 0 Å². The van der Waals surface area contributed by atoms with Crippen molar-refractivity contribution in [2.75, 3.05) is 0 Å². The second-order valence-corrected chi connectivity index (χ2v) is 8.51. The van der Waals surface area contributed by atoms with Gasteiger partial charge in [0.2, 0.25) is 0 Å². The Bertz CT molecular complexity index is 1390. The topological polar surface area (TPSA) is 0 Å². The van der Waals surface area contributed by atoms with E-state index >= 15 is 4.39 Å². The zero-order valence-electron chi connectivity index (χ0n) is 18.5. The Morgan fingerprint density at radius 1 is 0.735 bits per heavy atom. The van der Waals surface area contributed by atoms with Crippen molar-refractivity contribution in [1.29, 1.82) is 0 Å². The molecule has 0 nitrogen and oxygen atoms in total. The second kappa shape index (κ2) is 10.6. The lowest BCUT2D eigenvalue weighted by Gasteiger charge is -2.07. The Hall–Kier alpha value is -3.48. The number of rotatable bonds is 6. The minimum absolute atomic E-state index is 0.0861. The van der Waals surface area contributed by atoms with E-state index in [4.69, 9.17) is 11.6 Å². The van der Waals surface area contributed by atoms with E-state index in [1.165, 1.54) is 11.1 Å². The zero-order chi connectivity index (χ0) is 24.1. The molecule has 0 amide bonds. The highest BCUT2D eigenvalue weighted by Crippen LogP contribution is 2.24. The number of hydrogen-bond donors (Lipinski definition) is 0. The molecule has 4 aromatic carbocycles. The summed E-state index contributed by atoms with van der Waals surface area (Å²) in [5.74, 6) is 3.01. The number of halogens is 4. The van der Waals surface area contributed by atoms with Gasteiger partial charge in [0.25, 0.3) is 0 Å².